The molecule has 1 heterocycles. The number of amides is 1. The topological polar surface area (TPSA) is 129 Å². The summed E-state index contributed by atoms with van der Waals surface area (Å²) in [6.45, 7) is 0. The lowest BCUT2D eigenvalue weighted by atomic mass is 10.2. The number of nitrogens with one attached hydrogen (secondary N) is 3. The summed E-state index contributed by atoms with van der Waals surface area (Å²) < 4.78 is 5.72. The molecule has 0 bridgehead atoms. The first-order chi connectivity index (χ1) is 13.1. The maximum Gasteiger partial charge on any atom is 0.342 e. The van der Waals surface area contributed by atoms with Gasteiger partial charge in [0.1, 0.15) is 17.2 Å². The number of carbonyl (C=O) groups excluding carboxylic acids is 1. The zero-order valence-corrected chi connectivity index (χ0v) is 14.0. The molecular formula is C18H15N5O4. The van der Waals surface area contributed by atoms with Crippen LogP contribution in [0.4, 0.5) is 0 Å². The van der Waals surface area contributed by atoms with Gasteiger partial charge >= 0.3 is 5.69 Å². The summed E-state index contributed by atoms with van der Waals surface area (Å²) in [6.07, 6.45) is 1.13. The van der Waals surface area contributed by atoms with Crippen molar-refractivity contribution < 1.29 is 9.53 Å². The first-order valence-electron chi connectivity index (χ1n) is 7.93. The van der Waals surface area contributed by atoms with Crippen molar-refractivity contribution in [1.29, 1.82) is 0 Å². The minimum Gasteiger partial charge on any atom is -0.457 e. The molecule has 3 rings (SSSR count). The normalized spacial score (nSPS) is 10.7. The maximum atomic E-state index is 11.8. The number of benzene rings is 2. The van der Waals surface area contributed by atoms with Crippen molar-refractivity contribution in [2.24, 2.45) is 5.10 Å². The third kappa shape index (κ3) is 5.23. The molecule has 9 heteroatoms. The van der Waals surface area contributed by atoms with E-state index in [0.717, 1.165) is 0 Å². The average molecular weight is 365 g/mol. The van der Waals surface area contributed by atoms with Crippen LogP contribution in [0.3, 0.4) is 0 Å². The highest BCUT2D eigenvalue weighted by molar-refractivity contribution is 5.83. The summed E-state index contributed by atoms with van der Waals surface area (Å²) in [7, 11) is 0. The van der Waals surface area contributed by atoms with Gasteiger partial charge in [0.25, 0.3) is 5.56 Å². The second-order valence-electron chi connectivity index (χ2n) is 5.41. The van der Waals surface area contributed by atoms with Gasteiger partial charge in [0.2, 0.25) is 5.91 Å². The van der Waals surface area contributed by atoms with E-state index in [1.807, 2.05) is 35.3 Å². The summed E-state index contributed by atoms with van der Waals surface area (Å²) >= 11 is 0. The standard InChI is InChI=1S/C18H15N5O4/c24-16(10-15-17(25)20-18(26)23-21-15)22-19-11-12-5-4-8-14(9-12)27-13-6-2-1-3-7-13/h1-9,11H,10H2,(H,22,24)(H2,20,23,25,26)/b19-11+. The summed E-state index contributed by atoms with van der Waals surface area (Å²) in [4.78, 5) is 36.2. The van der Waals surface area contributed by atoms with Gasteiger partial charge in [0.05, 0.1) is 12.6 Å². The third-order valence-corrected chi connectivity index (χ3v) is 3.35. The molecule has 2 aromatic carbocycles. The quantitative estimate of drug-likeness (QED) is 0.442. The molecule has 1 amide bonds. The molecule has 0 aliphatic carbocycles. The molecule has 0 fully saturated rings. The zero-order chi connectivity index (χ0) is 19.1. The molecule has 0 unspecified atom stereocenters. The van der Waals surface area contributed by atoms with Crippen molar-refractivity contribution in [2.45, 2.75) is 6.42 Å². The predicted octanol–water partition coefficient (Wildman–Crippen LogP) is 0.943. The number of aromatic amines is 2. The van der Waals surface area contributed by atoms with Crippen LogP contribution in [0, 0.1) is 0 Å². The highest BCUT2D eigenvalue weighted by Crippen LogP contribution is 2.21. The van der Waals surface area contributed by atoms with Crippen LogP contribution in [0.15, 0.2) is 69.3 Å². The zero-order valence-electron chi connectivity index (χ0n) is 14.0. The van der Waals surface area contributed by atoms with Gasteiger partial charge in [-0.2, -0.15) is 10.2 Å². The Kier molecular flexibility index (Phi) is 5.53. The van der Waals surface area contributed by atoms with E-state index in [4.69, 9.17) is 4.74 Å². The Morgan fingerprint density at radius 2 is 1.89 bits per heavy atom. The Labute approximate surface area is 152 Å². The van der Waals surface area contributed by atoms with Gasteiger partial charge in [-0.15, -0.1) is 0 Å². The lowest BCUT2D eigenvalue weighted by molar-refractivity contribution is -0.120. The van der Waals surface area contributed by atoms with Gasteiger partial charge < -0.3 is 4.74 Å². The van der Waals surface area contributed by atoms with Crippen molar-refractivity contribution in [1.82, 2.24) is 20.6 Å². The largest absolute Gasteiger partial charge is 0.457 e. The molecule has 27 heavy (non-hydrogen) atoms. The SMILES string of the molecule is O=C(Cc1n[nH]c(=O)[nH]c1=O)N/N=C/c1cccc(Oc2ccccc2)c1. The number of para-hydroxylation sites is 1. The Balaban J connectivity index is 1.59. The van der Waals surface area contributed by atoms with E-state index in [1.54, 1.807) is 24.3 Å². The molecule has 0 aliphatic heterocycles. The van der Waals surface area contributed by atoms with E-state index in [1.165, 1.54) is 6.21 Å². The fourth-order valence-electron chi connectivity index (χ4n) is 2.15. The number of ether oxygens (including phenoxy) is 1. The van der Waals surface area contributed by atoms with Crippen molar-refractivity contribution in [3.63, 3.8) is 0 Å². The molecule has 9 nitrogen and oxygen atoms in total. The minimum atomic E-state index is -0.736. The number of rotatable bonds is 6. The van der Waals surface area contributed by atoms with Gasteiger partial charge in [-0.25, -0.2) is 15.3 Å². The van der Waals surface area contributed by atoms with E-state index in [9.17, 15) is 14.4 Å². The Bertz CT molecular complexity index is 1070. The van der Waals surface area contributed by atoms with E-state index in [0.29, 0.717) is 17.1 Å². The number of aromatic nitrogens is 3. The Morgan fingerprint density at radius 1 is 1.11 bits per heavy atom. The third-order valence-electron chi connectivity index (χ3n) is 3.35. The second-order valence-corrected chi connectivity index (χ2v) is 5.41. The lowest BCUT2D eigenvalue weighted by Gasteiger charge is -2.05. The van der Waals surface area contributed by atoms with Crippen LogP contribution in [0.25, 0.3) is 0 Å². The number of hydrazone groups is 1. The molecule has 3 aromatic rings. The molecule has 0 saturated heterocycles. The lowest BCUT2D eigenvalue weighted by Crippen LogP contribution is -2.31. The molecule has 0 saturated carbocycles. The van der Waals surface area contributed by atoms with E-state index >= 15 is 0 Å². The maximum absolute atomic E-state index is 11.8. The fourth-order valence-corrected chi connectivity index (χ4v) is 2.15. The highest BCUT2D eigenvalue weighted by Gasteiger charge is 2.08. The van der Waals surface area contributed by atoms with Gasteiger partial charge in [-0.05, 0) is 29.8 Å². The molecule has 0 radical (unpaired) electrons. The van der Waals surface area contributed by atoms with Gasteiger partial charge in [0.15, 0.2) is 0 Å². The number of nitrogens with zero attached hydrogens (tertiary/aromatic N) is 2. The van der Waals surface area contributed by atoms with Crippen molar-refractivity contribution >= 4 is 12.1 Å². The number of H-pyrrole nitrogens is 2. The smallest absolute Gasteiger partial charge is 0.342 e. The fraction of sp³-hybridized carbons (Fsp3) is 0.0556. The van der Waals surface area contributed by atoms with E-state index < -0.39 is 17.2 Å². The first-order valence-corrected chi connectivity index (χ1v) is 7.93. The predicted molar refractivity (Wildman–Crippen MR) is 97.9 cm³/mol. The summed E-state index contributed by atoms with van der Waals surface area (Å²) in [5, 5.41) is 9.43. The monoisotopic (exact) mass is 365 g/mol. The number of carbonyl (C=O) groups is 1. The van der Waals surface area contributed by atoms with Gasteiger partial charge in [-0.1, -0.05) is 30.3 Å². The van der Waals surface area contributed by atoms with Crippen LogP contribution in [0.1, 0.15) is 11.3 Å². The van der Waals surface area contributed by atoms with Gasteiger partial charge in [-0.3, -0.25) is 14.6 Å². The summed E-state index contributed by atoms with van der Waals surface area (Å²) in [5.41, 5.74) is 1.44. The van der Waals surface area contributed by atoms with Crippen molar-refractivity contribution in [2.75, 3.05) is 0 Å². The number of hydrogen-bond donors (Lipinski definition) is 3. The molecule has 0 atom stereocenters. The van der Waals surface area contributed by atoms with Crippen LogP contribution in [0.5, 0.6) is 11.5 Å². The Hall–Kier alpha value is -4.01. The van der Waals surface area contributed by atoms with Crippen LogP contribution < -0.4 is 21.4 Å². The molecule has 1 aromatic heterocycles. The second kappa shape index (κ2) is 8.39. The van der Waals surface area contributed by atoms with Crippen LogP contribution >= 0.6 is 0 Å². The molecule has 3 N–H and O–H groups in total. The molecule has 136 valence electrons. The average Bonchev–Trinajstić information content (AvgIpc) is 2.65. The minimum absolute atomic E-state index is 0.111. The molecule has 0 aliphatic rings. The van der Waals surface area contributed by atoms with E-state index in [-0.39, 0.29) is 12.1 Å². The Morgan fingerprint density at radius 3 is 2.67 bits per heavy atom. The molecule has 0 spiro atoms. The highest BCUT2D eigenvalue weighted by atomic mass is 16.5. The van der Waals surface area contributed by atoms with Crippen LogP contribution in [-0.2, 0) is 11.2 Å². The first kappa shape index (κ1) is 17.8. The van der Waals surface area contributed by atoms with Crippen molar-refractivity contribution in [3.8, 4) is 11.5 Å². The van der Waals surface area contributed by atoms with Crippen molar-refractivity contribution in [3.05, 3.63) is 86.7 Å². The summed E-state index contributed by atoms with van der Waals surface area (Å²) in [5.74, 6) is 0.784. The number of hydrogen-bond acceptors (Lipinski definition) is 6. The van der Waals surface area contributed by atoms with Gasteiger partial charge in [0, 0.05) is 0 Å². The van der Waals surface area contributed by atoms with E-state index in [2.05, 4.69) is 20.7 Å². The molecular weight excluding hydrogens is 350 g/mol. The summed E-state index contributed by atoms with van der Waals surface area (Å²) in [6, 6.07) is 16.5. The van der Waals surface area contributed by atoms with Crippen LogP contribution in [-0.4, -0.2) is 27.3 Å². The van der Waals surface area contributed by atoms with Crippen LogP contribution in [0.2, 0.25) is 0 Å².